The smallest absolute Gasteiger partial charge is 0.247 e. The summed E-state index contributed by atoms with van der Waals surface area (Å²) < 4.78 is 0. The van der Waals surface area contributed by atoms with Crippen molar-refractivity contribution in [3.05, 3.63) is 59.7 Å². The molecule has 0 bridgehead atoms. The predicted octanol–water partition coefficient (Wildman–Crippen LogP) is 3.12. The van der Waals surface area contributed by atoms with Crippen LogP contribution in [0.2, 0.25) is 0 Å². The minimum absolute atomic E-state index is 0.0361. The van der Waals surface area contributed by atoms with Gasteiger partial charge in [-0.05, 0) is 62.2 Å². The van der Waals surface area contributed by atoms with Gasteiger partial charge in [0, 0.05) is 18.8 Å². The number of rotatable bonds is 5. The molecule has 3 atom stereocenters. The van der Waals surface area contributed by atoms with Crippen LogP contribution >= 0.6 is 0 Å². The summed E-state index contributed by atoms with van der Waals surface area (Å²) in [6.07, 6.45) is 0.993. The zero-order valence-electron chi connectivity index (χ0n) is 17.9. The van der Waals surface area contributed by atoms with E-state index in [1.165, 1.54) is 0 Å². The van der Waals surface area contributed by atoms with Crippen molar-refractivity contribution >= 4 is 23.2 Å². The van der Waals surface area contributed by atoms with Crippen LogP contribution in [-0.2, 0) is 9.59 Å². The molecule has 30 heavy (non-hydrogen) atoms. The summed E-state index contributed by atoms with van der Waals surface area (Å²) in [5.41, 5.74) is 7.21. The second-order valence-corrected chi connectivity index (χ2v) is 8.50. The van der Waals surface area contributed by atoms with E-state index in [2.05, 4.69) is 28.6 Å². The van der Waals surface area contributed by atoms with Crippen LogP contribution in [0.5, 0.6) is 0 Å². The monoisotopic (exact) mass is 406 g/mol. The number of benzene rings is 2. The van der Waals surface area contributed by atoms with E-state index < -0.39 is 0 Å². The maximum Gasteiger partial charge on any atom is 0.247 e. The van der Waals surface area contributed by atoms with Gasteiger partial charge in [-0.25, -0.2) is 10.4 Å². The predicted molar refractivity (Wildman–Crippen MR) is 119 cm³/mol. The number of hydrogen-bond donors (Lipinski definition) is 2. The lowest BCUT2D eigenvalue weighted by molar-refractivity contribution is -0.126. The number of likely N-dealkylation sites (tertiary alicyclic amines) is 1. The Bertz CT molecular complexity index is 910. The molecule has 4 rings (SSSR count). The van der Waals surface area contributed by atoms with Crippen LogP contribution in [-0.4, -0.2) is 42.4 Å². The number of piperidine rings is 1. The van der Waals surface area contributed by atoms with E-state index in [9.17, 15) is 9.59 Å². The Labute approximate surface area is 178 Å². The highest BCUT2D eigenvalue weighted by Crippen LogP contribution is 2.32. The van der Waals surface area contributed by atoms with Gasteiger partial charge in [0.15, 0.2) is 0 Å². The zero-order chi connectivity index (χ0) is 21.3. The van der Waals surface area contributed by atoms with Crippen LogP contribution in [0, 0.1) is 25.7 Å². The van der Waals surface area contributed by atoms with Gasteiger partial charge in [0.05, 0.1) is 23.6 Å². The van der Waals surface area contributed by atoms with E-state index in [4.69, 9.17) is 0 Å². The molecule has 0 spiro atoms. The average Bonchev–Trinajstić information content (AvgIpc) is 3.04. The number of carbonyl (C=O) groups excluding carboxylic acids is 2. The highest BCUT2D eigenvalue weighted by molar-refractivity contribution is 6.00. The van der Waals surface area contributed by atoms with E-state index in [1.54, 1.807) is 5.01 Å². The van der Waals surface area contributed by atoms with Gasteiger partial charge in [-0.1, -0.05) is 31.2 Å². The van der Waals surface area contributed by atoms with Gasteiger partial charge in [-0.15, -0.1) is 0 Å². The van der Waals surface area contributed by atoms with E-state index in [0.717, 1.165) is 35.5 Å². The molecule has 3 unspecified atom stereocenters. The molecule has 2 aliphatic rings. The van der Waals surface area contributed by atoms with E-state index in [-0.39, 0.29) is 29.7 Å². The SMILES string of the molecule is CCCN1CC(C(=O)Nc2cc(C)cc(C)c2)C2NN(c3ccccc3)C(=O)C2C1. The lowest BCUT2D eigenvalue weighted by Gasteiger charge is -2.38. The van der Waals surface area contributed by atoms with E-state index >= 15 is 0 Å². The number of nitrogens with one attached hydrogen (secondary N) is 2. The number of para-hydroxylation sites is 1. The molecule has 0 aliphatic carbocycles. The van der Waals surface area contributed by atoms with Crippen LogP contribution in [0.1, 0.15) is 24.5 Å². The number of hydrogen-bond acceptors (Lipinski definition) is 4. The molecule has 2 aliphatic heterocycles. The molecule has 2 N–H and O–H groups in total. The third kappa shape index (κ3) is 4.11. The Hall–Kier alpha value is -2.70. The molecule has 2 aromatic rings. The minimum atomic E-state index is -0.311. The maximum absolute atomic E-state index is 13.3. The Morgan fingerprint density at radius 2 is 1.80 bits per heavy atom. The van der Waals surface area contributed by atoms with E-state index in [1.807, 2.05) is 56.3 Å². The number of fused-ring (bicyclic) bond motifs is 1. The third-order valence-electron chi connectivity index (χ3n) is 5.97. The quantitative estimate of drug-likeness (QED) is 0.801. The average molecular weight is 407 g/mol. The minimum Gasteiger partial charge on any atom is -0.326 e. The highest BCUT2D eigenvalue weighted by atomic mass is 16.2. The fourth-order valence-corrected chi connectivity index (χ4v) is 4.73. The molecule has 158 valence electrons. The van der Waals surface area contributed by atoms with Crippen LogP contribution in [0.25, 0.3) is 0 Å². The first kappa shape index (κ1) is 20.6. The number of aryl methyl sites for hydroxylation is 2. The number of anilines is 2. The first-order chi connectivity index (χ1) is 14.5. The molecule has 2 amide bonds. The topological polar surface area (TPSA) is 64.7 Å². The molecular formula is C24H30N4O2. The van der Waals surface area contributed by atoms with Crippen molar-refractivity contribution < 1.29 is 9.59 Å². The summed E-state index contributed by atoms with van der Waals surface area (Å²) in [6.45, 7) is 8.39. The lowest BCUT2D eigenvalue weighted by atomic mass is 9.83. The number of carbonyl (C=O) groups is 2. The van der Waals surface area contributed by atoms with Gasteiger partial charge in [-0.3, -0.25) is 9.59 Å². The van der Waals surface area contributed by atoms with Crippen molar-refractivity contribution in [3.8, 4) is 0 Å². The van der Waals surface area contributed by atoms with Crippen molar-refractivity contribution in [2.45, 2.75) is 33.2 Å². The van der Waals surface area contributed by atoms with Crippen molar-refractivity contribution in [1.82, 2.24) is 10.3 Å². The third-order valence-corrected chi connectivity index (χ3v) is 5.97. The molecular weight excluding hydrogens is 376 g/mol. The Morgan fingerprint density at radius 1 is 1.10 bits per heavy atom. The first-order valence-corrected chi connectivity index (χ1v) is 10.7. The molecule has 6 nitrogen and oxygen atoms in total. The molecule has 2 aromatic carbocycles. The first-order valence-electron chi connectivity index (χ1n) is 10.7. The highest BCUT2D eigenvalue weighted by Gasteiger charge is 2.50. The van der Waals surface area contributed by atoms with Crippen molar-refractivity contribution in [2.24, 2.45) is 11.8 Å². The molecule has 2 heterocycles. The van der Waals surface area contributed by atoms with E-state index in [0.29, 0.717) is 13.1 Å². The van der Waals surface area contributed by atoms with Crippen LogP contribution in [0.4, 0.5) is 11.4 Å². The van der Waals surface area contributed by atoms with Crippen LogP contribution in [0.3, 0.4) is 0 Å². The van der Waals surface area contributed by atoms with Gasteiger partial charge in [0.1, 0.15) is 0 Å². The second-order valence-electron chi connectivity index (χ2n) is 8.50. The van der Waals surface area contributed by atoms with Gasteiger partial charge in [-0.2, -0.15) is 0 Å². The molecule has 2 fully saturated rings. The zero-order valence-corrected chi connectivity index (χ0v) is 17.9. The van der Waals surface area contributed by atoms with Crippen molar-refractivity contribution in [1.29, 1.82) is 0 Å². The van der Waals surface area contributed by atoms with Crippen LogP contribution in [0.15, 0.2) is 48.5 Å². The summed E-state index contributed by atoms with van der Waals surface area (Å²) in [5.74, 6) is -0.545. The van der Waals surface area contributed by atoms with Crippen LogP contribution < -0.4 is 15.8 Å². The second kappa shape index (κ2) is 8.58. The van der Waals surface area contributed by atoms with Gasteiger partial charge >= 0.3 is 0 Å². The lowest BCUT2D eigenvalue weighted by Crippen LogP contribution is -2.56. The molecule has 0 aromatic heterocycles. The Kier molecular flexibility index (Phi) is 5.88. The van der Waals surface area contributed by atoms with Gasteiger partial charge < -0.3 is 10.2 Å². The van der Waals surface area contributed by atoms with Crippen molar-refractivity contribution in [3.63, 3.8) is 0 Å². The van der Waals surface area contributed by atoms with Gasteiger partial charge in [0.25, 0.3) is 0 Å². The Balaban J connectivity index is 1.59. The summed E-state index contributed by atoms with van der Waals surface area (Å²) >= 11 is 0. The summed E-state index contributed by atoms with van der Waals surface area (Å²) in [7, 11) is 0. The fraction of sp³-hybridized carbons (Fsp3) is 0.417. The van der Waals surface area contributed by atoms with Gasteiger partial charge in [0.2, 0.25) is 11.8 Å². The molecule has 6 heteroatoms. The standard InChI is InChI=1S/C24H30N4O2/c1-4-10-27-14-20(23(29)25-18-12-16(2)11-17(3)13-18)22-21(15-27)24(30)28(26-22)19-8-6-5-7-9-19/h5-9,11-13,20-22,26H,4,10,14-15H2,1-3H3,(H,25,29). The molecule has 2 saturated heterocycles. The molecule has 0 saturated carbocycles. The number of amides is 2. The summed E-state index contributed by atoms with van der Waals surface area (Å²) in [5, 5.41) is 4.73. The summed E-state index contributed by atoms with van der Waals surface area (Å²) in [6, 6.07) is 15.4. The largest absolute Gasteiger partial charge is 0.326 e. The normalized spacial score (nSPS) is 24.0. The number of hydrazine groups is 1. The number of nitrogens with zero attached hydrogens (tertiary/aromatic N) is 2. The molecule has 0 radical (unpaired) electrons. The Morgan fingerprint density at radius 3 is 2.47 bits per heavy atom. The van der Waals surface area contributed by atoms with Crippen molar-refractivity contribution in [2.75, 3.05) is 30.0 Å². The fourth-order valence-electron chi connectivity index (χ4n) is 4.73. The summed E-state index contributed by atoms with van der Waals surface area (Å²) in [4.78, 5) is 28.8. The maximum atomic E-state index is 13.3.